The van der Waals surface area contributed by atoms with Crippen molar-refractivity contribution in [2.75, 3.05) is 5.75 Å². The van der Waals surface area contributed by atoms with Crippen LogP contribution in [-0.4, -0.2) is 27.3 Å². The fourth-order valence-electron chi connectivity index (χ4n) is 1.33. The summed E-state index contributed by atoms with van der Waals surface area (Å²) < 4.78 is 21.5. The SMILES string of the molecule is CCS(=O)(=O)[C@@](Cl)(Br)[C@@H](O)c1ccc([N+](=O)[O-])cc1. The molecular formula is C10H11BrClNO5S. The van der Waals surface area contributed by atoms with Crippen LogP contribution in [0.5, 0.6) is 0 Å². The highest BCUT2D eigenvalue weighted by Crippen LogP contribution is 2.43. The summed E-state index contributed by atoms with van der Waals surface area (Å²) in [5, 5.41) is 20.5. The van der Waals surface area contributed by atoms with Crippen molar-refractivity contribution < 1.29 is 18.4 Å². The lowest BCUT2D eigenvalue weighted by Gasteiger charge is -2.25. The van der Waals surface area contributed by atoms with Crippen LogP contribution in [-0.2, 0) is 9.84 Å². The molecule has 0 unspecified atom stereocenters. The Morgan fingerprint density at radius 3 is 2.32 bits per heavy atom. The predicted molar refractivity (Wildman–Crippen MR) is 75.0 cm³/mol. The van der Waals surface area contributed by atoms with Crippen LogP contribution in [0.3, 0.4) is 0 Å². The minimum atomic E-state index is -3.77. The van der Waals surface area contributed by atoms with Gasteiger partial charge in [0.15, 0.2) is 9.84 Å². The molecule has 0 radical (unpaired) electrons. The molecule has 0 saturated heterocycles. The first-order valence-electron chi connectivity index (χ1n) is 5.16. The lowest BCUT2D eigenvalue weighted by molar-refractivity contribution is -0.384. The average molecular weight is 373 g/mol. The molecule has 0 amide bonds. The minimum absolute atomic E-state index is 0.162. The second kappa shape index (κ2) is 5.74. The lowest BCUT2D eigenvalue weighted by atomic mass is 10.1. The van der Waals surface area contributed by atoms with Crippen LogP contribution in [0.4, 0.5) is 5.69 Å². The van der Waals surface area contributed by atoms with Crippen molar-refractivity contribution in [3.63, 3.8) is 0 Å². The summed E-state index contributed by atoms with van der Waals surface area (Å²) in [6.07, 6.45) is -1.56. The second-order valence-electron chi connectivity index (χ2n) is 3.72. The zero-order valence-electron chi connectivity index (χ0n) is 9.79. The molecule has 0 heterocycles. The molecule has 1 aromatic rings. The summed E-state index contributed by atoms with van der Waals surface area (Å²) in [5.41, 5.74) is -0.00135. The summed E-state index contributed by atoms with van der Waals surface area (Å²) in [6.45, 7) is 1.40. The number of sulfone groups is 1. The Labute approximate surface area is 123 Å². The van der Waals surface area contributed by atoms with E-state index in [1.54, 1.807) is 0 Å². The largest absolute Gasteiger partial charge is 0.385 e. The molecule has 9 heteroatoms. The first kappa shape index (κ1) is 16.4. The van der Waals surface area contributed by atoms with Crippen LogP contribution in [0, 0.1) is 10.1 Å². The number of hydrogen-bond donors (Lipinski definition) is 1. The van der Waals surface area contributed by atoms with Crippen molar-refractivity contribution in [3.8, 4) is 0 Å². The molecule has 0 fully saturated rings. The van der Waals surface area contributed by atoms with Gasteiger partial charge in [-0.1, -0.05) is 18.5 Å². The highest BCUT2D eigenvalue weighted by Gasteiger charge is 2.45. The van der Waals surface area contributed by atoms with Gasteiger partial charge in [0.05, 0.1) is 10.7 Å². The number of aliphatic hydroxyl groups excluding tert-OH is 1. The molecule has 1 rings (SSSR count). The van der Waals surface area contributed by atoms with E-state index >= 15 is 0 Å². The number of hydrogen-bond acceptors (Lipinski definition) is 5. The molecule has 2 atom stereocenters. The first-order chi connectivity index (χ1) is 8.63. The number of rotatable bonds is 5. The first-order valence-corrected chi connectivity index (χ1v) is 7.98. The Kier molecular flexibility index (Phi) is 4.94. The molecule has 6 nitrogen and oxygen atoms in total. The maximum Gasteiger partial charge on any atom is 0.269 e. The number of nitrogens with zero attached hydrogens (tertiary/aromatic N) is 1. The summed E-state index contributed by atoms with van der Waals surface area (Å²) in [5.74, 6) is -0.258. The molecular weight excluding hydrogens is 362 g/mol. The van der Waals surface area contributed by atoms with Crippen LogP contribution in [0.2, 0.25) is 0 Å². The van der Waals surface area contributed by atoms with Gasteiger partial charge in [-0.25, -0.2) is 8.42 Å². The normalized spacial score (nSPS) is 16.6. The van der Waals surface area contributed by atoms with Gasteiger partial charge in [0.25, 0.3) is 5.69 Å². The summed E-state index contributed by atoms with van der Waals surface area (Å²) in [6, 6.07) is 4.84. The number of benzene rings is 1. The van der Waals surface area contributed by atoms with E-state index < -0.39 is 24.0 Å². The predicted octanol–water partition coefficient (Wildman–Crippen LogP) is 2.35. The number of halogens is 2. The van der Waals surface area contributed by atoms with Crippen molar-refractivity contribution in [1.29, 1.82) is 0 Å². The maximum atomic E-state index is 11.8. The molecule has 1 aromatic carbocycles. The Hall–Kier alpha value is -0.700. The Morgan fingerprint density at radius 1 is 1.47 bits per heavy atom. The number of alkyl halides is 2. The lowest BCUT2D eigenvalue weighted by Crippen LogP contribution is -2.34. The van der Waals surface area contributed by atoms with E-state index in [4.69, 9.17) is 11.6 Å². The Balaban J connectivity index is 3.13. The van der Waals surface area contributed by atoms with Crippen molar-refractivity contribution >= 4 is 43.1 Å². The van der Waals surface area contributed by atoms with Gasteiger partial charge < -0.3 is 5.11 Å². The van der Waals surface area contributed by atoms with E-state index in [9.17, 15) is 23.6 Å². The molecule has 0 aliphatic carbocycles. The molecule has 0 bridgehead atoms. The molecule has 0 aromatic heterocycles. The maximum absolute atomic E-state index is 11.8. The third kappa shape index (κ3) is 3.25. The topological polar surface area (TPSA) is 97.5 Å². The van der Waals surface area contributed by atoms with Crippen LogP contribution < -0.4 is 0 Å². The van der Waals surface area contributed by atoms with E-state index in [2.05, 4.69) is 15.9 Å². The van der Waals surface area contributed by atoms with Gasteiger partial charge in [0.2, 0.25) is 3.12 Å². The Morgan fingerprint density at radius 2 is 1.95 bits per heavy atom. The summed E-state index contributed by atoms with van der Waals surface area (Å²) >= 11 is 8.67. The monoisotopic (exact) mass is 371 g/mol. The van der Waals surface area contributed by atoms with Crippen molar-refractivity contribution in [2.24, 2.45) is 0 Å². The zero-order valence-corrected chi connectivity index (χ0v) is 12.9. The standard InChI is InChI=1S/C10H11BrClNO5S/c1-2-19(17,18)10(11,12)9(14)7-3-5-8(6-4-7)13(15)16/h3-6,9,14H,2H2,1H3/t9-,10+/m0/s1. The molecule has 19 heavy (non-hydrogen) atoms. The zero-order chi connectivity index (χ0) is 14.8. The van der Waals surface area contributed by atoms with Gasteiger partial charge in [0, 0.05) is 12.1 Å². The number of non-ortho nitro benzene ring substituents is 1. The van der Waals surface area contributed by atoms with E-state index in [1.165, 1.54) is 19.1 Å². The highest BCUT2D eigenvalue weighted by atomic mass is 79.9. The summed E-state index contributed by atoms with van der Waals surface area (Å²) in [4.78, 5) is 9.90. The highest BCUT2D eigenvalue weighted by molar-refractivity contribution is 9.12. The molecule has 0 spiro atoms. The number of aliphatic hydroxyl groups is 1. The van der Waals surface area contributed by atoms with Crippen molar-refractivity contribution in [3.05, 3.63) is 39.9 Å². The van der Waals surface area contributed by atoms with Gasteiger partial charge in [-0.15, -0.1) is 0 Å². The van der Waals surface area contributed by atoms with E-state index in [0.29, 0.717) is 0 Å². The smallest absolute Gasteiger partial charge is 0.269 e. The molecule has 1 N–H and O–H groups in total. The van der Waals surface area contributed by atoms with Crippen molar-refractivity contribution in [2.45, 2.75) is 16.1 Å². The third-order valence-electron chi connectivity index (χ3n) is 2.53. The van der Waals surface area contributed by atoms with Crippen LogP contribution in [0.1, 0.15) is 18.6 Å². The van der Waals surface area contributed by atoms with Crippen LogP contribution in [0.15, 0.2) is 24.3 Å². The van der Waals surface area contributed by atoms with Crippen LogP contribution >= 0.6 is 27.5 Å². The minimum Gasteiger partial charge on any atom is -0.385 e. The van der Waals surface area contributed by atoms with Crippen molar-refractivity contribution in [1.82, 2.24) is 0 Å². The van der Waals surface area contributed by atoms with E-state index in [-0.39, 0.29) is 17.0 Å². The van der Waals surface area contributed by atoms with Gasteiger partial charge >= 0.3 is 0 Å². The van der Waals surface area contributed by atoms with Crippen LogP contribution in [0.25, 0.3) is 0 Å². The van der Waals surface area contributed by atoms with Gasteiger partial charge in [-0.3, -0.25) is 10.1 Å². The fourth-order valence-corrected chi connectivity index (χ4v) is 3.60. The van der Waals surface area contributed by atoms with Gasteiger partial charge in [-0.2, -0.15) is 0 Å². The number of nitro groups is 1. The molecule has 0 aliphatic heterocycles. The third-order valence-corrected chi connectivity index (χ3v) is 7.17. The quantitative estimate of drug-likeness (QED) is 0.486. The fraction of sp³-hybridized carbons (Fsp3) is 0.400. The Bertz CT molecular complexity index is 572. The van der Waals surface area contributed by atoms with Gasteiger partial charge in [0.1, 0.15) is 6.10 Å². The molecule has 0 aliphatic rings. The van der Waals surface area contributed by atoms with Gasteiger partial charge in [-0.05, 0) is 33.6 Å². The average Bonchev–Trinajstić information content (AvgIpc) is 2.37. The number of nitro benzene ring substituents is 1. The second-order valence-corrected chi connectivity index (χ2v) is 9.22. The van der Waals surface area contributed by atoms with E-state index in [0.717, 1.165) is 12.1 Å². The molecule has 0 saturated carbocycles. The van der Waals surface area contributed by atoms with E-state index in [1.807, 2.05) is 0 Å². The summed E-state index contributed by atoms with van der Waals surface area (Å²) in [7, 11) is -3.77. The molecule has 106 valence electrons.